The van der Waals surface area contributed by atoms with Crippen molar-refractivity contribution in [3.05, 3.63) is 36.7 Å². The third-order valence-electron chi connectivity index (χ3n) is 3.09. The second-order valence-corrected chi connectivity index (χ2v) is 4.74. The van der Waals surface area contributed by atoms with Crippen LogP contribution in [0.3, 0.4) is 0 Å². The standard InChI is InChI=1S/C14H20N6/c1-19(13-5-3-11(15)9-17-13)7-8-20(2)14-6-4-12(16)10-18-14/h3-6,9-10H,7-8,15-16H2,1-2H3. The number of hydrogen-bond donors (Lipinski definition) is 2. The van der Waals surface area contributed by atoms with E-state index in [4.69, 9.17) is 11.5 Å². The Morgan fingerprint density at radius 2 is 1.20 bits per heavy atom. The molecule has 2 heterocycles. The summed E-state index contributed by atoms with van der Waals surface area (Å²) in [6, 6.07) is 7.53. The molecule has 0 aliphatic rings. The number of rotatable bonds is 5. The van der Waals surface area contributed by atoms with Gasteiger partial charge in [-0.1, -0.05) is 0 Å². The first-order valence-electron chi connectivity index (χ1n) is 6.41. The van der Waals surface area contributed by atoms with Crippen LogP contribution in [-0.2, 0) is 0 Å². The van der Waals surface area contributed by atoms with E-state index >= 15 is 0 Å². The number of likely N-dealkylation sites (N-methyl/N-ethyl adjacent to an activating group) is 2. The fourth-order valence-electron chi connectivity index (χ4n) is 1.78. The van der Waals surface area contributed by atoms with Gasteiger partial charge in [0.15, 0.2) is 0 Å². The van der Waals surface area contributed by atoms with Crippen LogP contribution < -0.4 is 21.3 Å². The lowest BCUT2D eigenvalue weighted by molar-refractivity contribution is 0.813. The van der Waals surface area contributed by atoms with E-state index < -0.39 is 0 Å². The highest BCUT2D eigenvalue weighted by Gasteiger charge is 2.06. The summed E-state index contributed by atoms with van der Waals surface area (Å²) in [6.07, 6.45) is 3.33. The number of nitrogens with zero attached hydrogens (tertiary/aromatic N) is 4. The summed E-state index contributed by atoms with van der Waals surface area (Å²) in [4.78, 5) is 12.7. The van der Waals surface area contributed by atoms with E-state index in [1.165, 1.54) is 0 Å². The van der Waals surface area contributed by atoms with Crippen molar-refractivity contribution in [3.8, 4) is 0 Å². The minimum absolute atomic E-state index is 0.672. The van der Waals surface area contributed by atoms with Crippen molar-refractivity contribution >= 4 is 23.0 Å². The van der Waals surface area contributed by atoms with Crippen LogP contribution in [0.25, 0.3) is 0 Å². The average molecular weight is 272 g/mol. The smallest absolute Gasteiger partial charge is 0.128 e. The van der Waals surface area contributed by atoms with Crippen molar-refractivity contribution in [3.63, 3.8) is 0 Å². The molecule has 0 radical (unpaired) electrons. The summed E-state index contributed by atoms with van der Waals surface area (Å²) >= 11 is 0. The van der Waals surface area contributed by atoms with Gasteiger partial charge in [0.2, 0.25) is 0 Å². The lowest BCUT2D eigenvalue weighted by Gasteiger charge is -2.23. The predicted octanol–water partition coefficient (Wildman–Crippen LogP) is 1.21. The largest absolute Gasteiger partial charge is 0.397 e. The summed E-state index contributed by atoms with van der Waals surface area (Å²) in [5, 5.41) is 0. The summed E-state index contributed by atoms with van der Waals surface area (Å²) < 4.78 is 0. The highest BCUT2D eigenvalue weighted by molar-refractivity contribution is 5.47. The van der Waals surface area contributed by atoms with Gasteiger partial charge in [0.25, 0.3) is 0 Å². The van der Waals surface area contributed by atoms with Gasteiger partial charge in [0.1, 0.15) is 11.6 Å². The van der Waals surface area contributed by atoms with Gasteiger partial charge in [-0.25, -0.2) is 9.97 Å². The number of anilines is 4. The molecule has 0 saturated heterocycles. The van der Waals surface area contributed by atoms with Crippen LogP contribution in [0.4, 0.5) is 23.0 Å². The van der Waals surface area contributed by atoms with Crippen LogP contribution in [0.5, 0.6) is 0 Å². The van der Waals surface area contributed by atoms with Crippen LogP contribution in [0.2, 0.25) is 0 Å². The van der Waals surface area contributed by atoms with E-state index in [-0.39, 0.29) is 0 Å². The quantitative estimate of drug-likeness (QED) is 0.851. The van der Waals surface area contributed by atoms with Crippen LogP contribution in [-0.4, -0.2) is 37.2 Å². The first kappa shape index (κ1) is 13.9. The normalized spacial score (nSPS) is 10.3. The van der Waals surface area contributed by atoms with Gasteiger partial charge in [-0.3, -0.25) is 0 Å². The SMILES string of the molecule is CN(CCN(C)c1ccc(N)cn1)c1ccc(N)cn1. The number of nitrogen functional groups attached to an aromatic ring is 2. The maximum atomic E-state index is 5.63. The van der Waals surface area contributed by atoms with E-state index in [2.05, 4.69) is 19.8 Å². The minimum atomic E-state index is 0.672. The number of hydrogen-bond acceptors (Lipinski definition) is 6. The van der Waals surface area contributed by atoms with E-state index in [1.54, 1.807) is 12.4 Å². The monoisotopic (exact) mass is 272 g/mol. The maximum absolute atomic E-state index is 5.63. The third kappa shape index (κ3) is 3.50. The molecule has 0 spiro atoms. The Balaban J connectivity index is 1.91. The maximum Gasteiger partial charge on any atom is 0.128 e. The molecule has 0 saturated carbocycles. The molecule has 0 fully saturated rings. The molecule has 0 bridgehead atoms. The van der Waals surface area contributed by atoms with Crippen LogP contribution in [0.1, 0.15) is 0 Å². The van der Waals surface area contributed by atoms with Crippen molar-refractivity contribution < 1.29 is 0 Å². The van der Waals surface area contributed by atoms with E-state index in [1.807, 2.05) is 38.4 Å². The second kappa shape index (κ2) is 6.10. The first-order valence-corrected chi connectivity index (χ1v) is 6.41. The molecule has 0 atom stereocenters. The Kier molecular flexibility index (Phi) is 4.24. The van der Waals surface area contributed by atoms with Crippen LogP contribution in [0.15, 0.2) is 36.7 Å². The van der Waals surface area contributed by atoms with Gasteiger partial charge in [0.05, 0.1) is 23.8 Å². The number of pyridine rings is 2. The second-order valence-electron chi connectivity index (χ2n) is 4.74. The van der Waals surface area contributed by atoms with Crippen molar-refractivity contribution in [2.75, 3.05) is 48.5 Å². The molecule has 0 aliphatic heterocycles. The fourth-order valence-corrected chi connectivity index (χ4v) is 1.78. The molecule has 4 N–H and O–H groups in total. The zero-order valence-corrected chi connectivity index (χ0v) is 11.8. The Hall–Kier alpha value is -2.50. The molecule has 2 aromatic heterocycles. The Labute approximate surface area is 119 Å². The lowest BCUT2D eigenvalue weighted by atomic mass is 10.3. The van der Waals surface area contributed by atoms with Gasteiger partial charge < -0.3 is 21.3 Å². The molecule has 2 aromatic rings. The Bertz CT molecular complexity index is 485. The summed E-state index contributed by atoms with van der Waals surface area (Å²) in [5.74, 6) is 1.80. The fraction of sp³-hybridized carbons (Fsp3) is 0.286. The highest BCUT2D eigenvalue weighted by Crippen LogP contribution is 2.12. The Morgan fingerprint density at radius 1 is 0.800 bits per heavy atom. The molecule has 0 aliphatic carbocycles. The minimum Gasteiger partial charge on any atom is -0.397 e. The molecule has 106 valence electrons. The Morgan fingerprint density at radius 3 is 1.50 bits per heavy atom. The van der Waals surface area contributed by atoms with E-state index in [0.29, 0.717) is 11.4 Å². The van der Waals surface area contributed by atoms with Gasteiger partial charge in [0, 0.05) is 27.2 Å². The van der Waals surface area contributed by atoms with Crippen molar-refractivity contribution in [1.82, 2.24) is 9.97 Å². The highest BCUT2D eigenvalue weighted by atomic mass is 15.2. The summed E-state index contributed by atoms with van der Waals surface area (Å²) in [6.45, 7) is 1.67. The third-order valence-corrected chi connectivity index (χ3v) is 3.09. The topological polar surface area (TPSA) is 84.3 Å². The molecule has 6 heteroatoms. The summed E-state index contributed by atoms with van der Waals surface area (Å²) in [5.41, 5.74) is 12.6. The average Bonchev–Trinajstić information content (AvgIpc) is 2.46. The molecule has 20 heavy (non-hydrogen) atoms. The van der Waals surface area contributed by atoms with E-state index in [9.17, 15) is 0 Å². The zero-order chi connectivity index (χ0) is 14.5. The molecule has 6 nitrogen and oxygen atoms in total. The molecular weight excluding hydrogens is 252 g/mol. The molecule has 2 rings (SSSR count). The lowest BCUT2D eigenvalue weighted by Crippen LogP contribution is -2.31. The van der Waals surface area contributed by atoms with Crippen LogP contribution >= 0.6 is 0 Å². The molecule has 0 amide bonds. The molecular formula is C14H20N6. The van der Waals surface area contributed by atoms with E-state index in [0.717, 1.165) is 24.7 Å². The van der Waals surface area contributed by atoms with Gasteiger partial charge >= 0.3 is 0 Å². The van der Waals surface area contributed by atoms with Crippen LogP contribution in [0, 0.1) is 0 Å². The van der Waals surface area contributed by atoms with Gasteiger partial charge in [-0.15, -0.1) is 0 Å². The number of nitrogens with two attached hydrogens (primary N) is 2. The summed E-state index contributed by atoms with van der Waals surface area (Å²) in [7, 11) is 4.01. The van der Waals surface area contributed by atoms with Gasteiger partial charge in [-0.2, -0.15) is 0 Å². The molecule has 0 unspecified atom stereocenters. The molecule has 0 aromatic carbocycles. The van der Waals surface area contributed by atoms with Crippen molar-refractivity contribution in [2.24, 2.45) is 0 Å². The number of aromatic nitrogens is 2. The predicted molar refractivity (Wildman–Crippen MR) is 83.8 cm³/mol. The zero-order valence-electron chi connectivity index (χ0n) is 11.8. The van der Waals surface area contributed by atoms with Gasteiger partial charge in [-0.05, 0) is 24.3 Å². The van der Waals surface area contributed by atoms with Crippen molar-refractivity contribution in [2.45, 2.75) is 0 Å². The first-order chi connectivity index (χ1) is 9.56. The van der Waals surface area contributed by atoms with Crippen molar-refractivity contribution in [1.29, 1.82) is 0 Å².